The monoisotopic (exact) mass is 1110 g/mol. The molecule has 0 unspecified atom stereocenters. The van der Waals surface area contributed by atoms with Gasteiger partial charge in [-0.3, -0.25) is 47.9 Å². The van der Waals surface area contributed by atoms with E-state index in [1.807, 2.05) is 0 Å². The number of ether oxygens (including phenoxy) is 10. The van der Waals surface area contributed by atoms with Gasteiger partial charge in [-0.25, -0.2) is 0 Å². The van der Waals surface area contributed by atoms with Crippen molar-refractivity contribution in [1.29, 1.82) is 0 Å². The largest absolute Gasteiger partial charge is 0.469 e. The van der Waals surface area contributed by atoms with Crippen LogP contribution in [0.5, 0.6) is 0 Å². The molecule has 0 rings (SSSR count). The fraction of sp³-hybridized carbons (Fsp3) is 0.825. The fourth-order valence-electron chi connectivity index (χ4n) is 6.13. The lowest BCUT2D eigenvalue weighted by Gasteiger charge is -2.08. The van der Waals surface area contributed by atoms with Crippen LogP contribution in [0.1, 0.15) is 241 Å². The van der Waals surface area contributed by atoms with Crippen LogP contribution in [0.3, 0.4) is 0 Å². The molecule has 0 aromatic carbocycles. The van der Waals surface area contributed by atoms with Crippen LogP contribution in [0.25, 0.3) is 0 Å². The zero-order valence-electron chi connectivity index (χ0n) is 49.7. The summed E-state index contributed by atoms with van der Waals surface area (Å²) in [7, 11) is 7.92. The Kier molecular flexibility index (Phi) is 66.2. The van der Waals surface area contributed by atoms with Gasteiger partial charge in [-0.1, -0.05) is 104 Å². The number of unbranched alkanes of at least 4 members (excludes halogenated alkanes) is 14. The van der Waals surface area contributed by atoms with Crippen molar-refractivity contribution in [3.63, 3.8) is 0 Å². The number of rotatable bonds is 40. The molecule has 0 aliphatic carbocycles. The van der Waals surface area contributed by atoms with Crippen molar-refractivity contribution < 1.29 is 95.3 Å². The second kappa shape index (κ2) is 63.2. The number of esters is 10. The third kappa shape index (κ3) is 75.0. The molecular formula is C57H104O20. The van der Waals surface area contributed by atoms with E-state index in [4.69, 9.17) is 18.9 Å². The molecule has 0 spiro atoms. The van der Waals surface area contributed by atoms with Crippen LogP contribution in [0.15, 0.2) is 0 Å². The predicted octanol–water partition coefficient (Wildman–Crippen LogP) is 11.1. The molecule has 0 aliphatic heterocycles. The molecule has 0 aromatic rings. The van der Waals surface area contributed by atoms with Gasteiger partial charge >= 0.3 is 59.7 Å². The smallest absolute Gasteiger partial charge is 0.306 e. The summed E-state index contributed by atoms with van der Waals surface area (Å²) in [6, 6.07) is 0. The second-order valence-corrected chi connectivity index (χ2v) is 18.2. The van der Waals surface area contributed by atoms with Crippen molar-refractivity contribution in [2.24, 2.45) is 0 Å². The highest BCUT2D eigenvalue weighted by atomic mass is 16.6. The van der Waals surface area contributed by atoms with E-state index in [1.165, 1.54) is 120 Å². The number of hydrogen-bond acceptors (Lipinski definition) is 20. The summed E-state index contributed by atoms with van der Waals surface area (Å²) in [5, 5.41) is 0. The Morgan fingerprint density at radius 1 is 0.247 bits per heavy atom. The molecule has 77 heavy (non-hydrogen) atoms. The summed E-state index contributed by atoms with van der Waals surface area (Å²) >= 11 is 0. The van der Waals surface area contributed by atoms with E-state index in [9.17, 15) is 47.9 Å². The van der Waals surface area contributed by atoms with Crippen LogP contribution < -0.4 is 0 Å². The Morgan fingerprint density at radius 2 is 0.429 bits per heavy atom. The molecule has 20 heteroatoms. The highest BCUT2D eigenvalue weighted by Crippen LogP contribution is 2.11. The third-order valence-electron chi connectivity index (χ3n) is 10.4. The van der Waals surface area contributed by atoms with Gasteiger partial charge in [0.15, 0.2) is 0 Å². The van der Waals surface area contributed by atoms with E-state index in [1.54, 1.807) is 27.7 Å². The third-order valence-corrected chi connectivity index (χ3v) is 10.4. The van der Waals surface area contributed by atoms with Gasteiger partial charge in [-0.2, -0.15) is 0 Å². The number of methoxy groups -OCH3 is 6. The van der Waals surface area contributed by atoms with Crippen LogP contribution in [0.2, 0.25) is 0 Å². The first-order valence-electron chi connectivity index (χ1n) is 27.8. The van der Waals surface area contributed by atoms with E-state index >= 15 is 0 Å². The number of carbonyl (C=O) groups excluding carboxylic acids is 10. The molecule has 0 radical (unpaired) electrons. The molecule has 20 nitrogen and oxygen atoms in total. The van der Waals surface area contributed by atoms with Gasteiger partial charge in [-0.15, -0.1) is 0 Å². The van der Waals surface area contributed by atoms with Gasteiger partial charge in [0.05, 0.1) is 68.1 Å². The van der Waals surface area contributed by atoms with E-state index in [2.05, 4.69) is 42.3 Å². The lowest BCUT2D eigenvalue weighted by Crippen LogP contribution is -2.14. The normalized spacial score (nSPS) is 9.95. The first kappa shape index (κ1) is 80.6. The molecule has 0 amide bonds. The minimum atomic E-state index is -0.297. The van der Waals surface area contributed by atoms with E-state index in [0.717, 1.165) is 25.7 Å². The number of carbonyl (C=O) groups is 10. The first-order valence-corrected chi connectivity index (χ1v) is 27.8. The summed E-state index contributed by atoms with van der Waals surface area (Å²) in [6.07, 6.45) is 24.8. The highest BCUT2D eigenvalue weighted by molar-refractivity contribution is 5.74. The van der Waals surface area contributed by atoms with Crippen LogP contribution in [0.4, 0.5) is 0 Å². The number of hydrogen-bond donors (Lipinski definition) is 0. The zero-order valence-corrected chi connectivity index (χ0v) is 49.7. The zero-order chi connectivity index (χ0) is 59.3. The summed E-state index contributed by atoms with van der Waals surface area (Å²) < 4.78 is 46.6. The van der Waals surface area contributed by atoms with Crippen LogP contribution in [-0.4, -0.2) is 128 Å². The van der Waals surface area contributed by atoms with Gasteiger partial charge in [0.2, 0.25) is 0 Å². The quantitative estimate of drug-likeness (QED) is 0.0313. The summed E-state index contributed by atoms with van der Waals surface area (Å²) in [4.78, 5) is 109. The summed E-state index contributed by atoms with van der Waals surface area (Å²) in [5.74, 6) is -2.69. The molecule has 0 fully saturated rings. The van der Waals surface area contributed by atoms with Crippen molar-refractivity contribution in [2.45, 2.75) is 253 Å². The highest BCUT2D eigenvalue weighted by Gasteiger charge is 2.11. The molecule has 0 saturated carbocycles. The van der Waals surface area contributed by atoms with Crippen molar-refractivity contribution in [2.75, 3.05) is 55.9 Å². The molecule has 0 bridgehead atoms. The average Bonchev–Trinajstić information content (AvgIpc) is 3.39. The van der Waals surface area contributed by atoms with Gasteiger partial charge in [-0.05, 0) is 72.6 Å². The van der Waals surface area contributed by atoms with E-state index < -0.39 is 0 Å². The SMILES string of the molecule is CC(C)OC(=O)CCCC(=O)OC(C)C.CCCCCCCCCCOC(=O)CCCC(=O)OCCCCCCCCCC.COC(=O)CCCC(=O)OC.COC(=O)CCCC(=O)OC.COC(=O)CCCC(=O)OC. The van der Waals surface area contributed by atoms with Gasteiger partial charge in [0.1, 0.15) is 0 Å². The maximum atomic E-state index is 11.7. The molecular weight excluding hydrogens is 1000 g/mol. The van der Waals surface area contributed by atoms with Crippen molar-refractivity contribution in [3.8, 4) is 0 Å². The summed E-state index contributed by atoms with van der Waals surface area (Å²) in [6.45, 7) is 12.7. The minimum absolute atomic E-state index is 0.0971. The Hall–Kier alpha value is -5.30. The first-order chi connectivity index (χ1) is 36.7. The molecule has 0 saturated heterocycles. The van der Waals surface area contributed by atoms with Crippen molar-refractivity contribution >= 4 is 59.7 Å². The second-order valence-electron chi connectivity index (χ2n) is 18.2. The standard InChI is InChI=1S/C25H48O4.C11H20O4.3C7H12O4/c1-3-5-7-9-11-13-15-17-22-28-24(26)20-19-21-25(27)29-23-18-16-14-12-10-8-6-4-2;1-8(2)14-10(12)6-5-7-11(13)15-9(3)4;3*1-10-6(8)4-3-5-7(9)11-2/h3-23H2,1-2H3;8-9H,5-7H2,1-4H3;3*3-5H2,1-2H3. The predicted molar refractivity (Wildman–Crippen MR) is 291 cm³/mol. The van der Waals surface area contributed by atoms with Gasteiger partial charge in [0, 0.05) is 64.2 Å². The Morgan fingerprint density at radius 3 is 0.623 bits per heavy atom. The van der Waals surface area contributed by atoms with Gasteiger partial charge in [0.25, 0.3) is 0 Å². The van der Waals surface area contributed by atoms with Crippen molar-refractivity contribution in [1.82, 2.24) is 0 Å². The van der Waals surface area contributed by atoms with Crippen LogP contribution in [-0.2, 0) is 95.3 Å². The Bertz CT molecular complexity index is 1310. The molecule has 0 aliphatic rings. The maximum Gasteiger partial charge on any atom is 0.306 e. The fourth-order valence-corrected chi connectivity index (χ4v) is 6.13. The lowest BCUT2D eigenvalue weighted by atomic mass is 10.1. The van der Waals surface area contributed by atoms with Crippen LogP contribution >= 0.6 is 0 Å². The lowest BCUT2D eigenvalue weighted by molar-refractivity contribution is -0.150. The van der Waals surface area contributed by atoms with Crippen LogP contribution in [0, 0.1) is 0 Å². The Balaban J connectivity index is -0.000000303. The van der Waals surface area contributed by atoms with E-state index in [0.29, 0.717) is 58.2 Å². The summed E-state index contributed by atoms with van der Waals surface area (Å²) in [5.41, 5.74) is 0. The molecule has 0 heterocycles. The molecule has 0 atom stereocenters. The topological polar surface area (TPSA) is 263 Å². The maximum absolute atomic E-state index is 11.7. The van der Waals surface area contributed by atoms with E-state index in [-0.39, 0.29) is 123 Å². The minimum Gasteiger partial charge on any atom is -0.469 e. The van der Waals surface area contributed by atoms with Gasteiger partial charge < -0.3 is 47.4 Å². The molecule has 452 valence electrons. The molecule has 0 aromatic heterocycles. The molecule has 0 N–H and O–H groups in total. The Labute approximate surface area is 462 Å². The van der Waals surface area contributed by atoms with Crippen molar-refractivity contribution in [3.05, 3.63) is 0 Å². The average molecular weight is 1110 g/mol.